The number of aryl methyl sites for hydroxylation is 1. The zero-order chi connectivity index (χ0) is 24.8. The smallest absolute Gasteiger partial charge is 0.233 e. The molecule has 0 unspecified atom stereocenters. The molecule has 0 atom stereocenters. The number of nitrogens with zero attached hydrogens (tertiary/aromatic N) is 6. The highest BCUT2D eigenvalue weighted by Crippen LogP contribution is 2.32. The van der Waals surface area contributed by atoms with E-state index in [0.717, 1.165) is 63.2 Å². The molecule has 1 aliphatic rings. The van der Waals surface area contributed by atoms with Crippen molar-refractivity contribution in [3.8, 4) is 34.3 Å². The predicted molar refractivity (Wildman–Crippen MR) is 142 cm³/mol. The largest absolute Gasteiger partial charge is 0.473 e. The van der Waals surface area contributed by atoms with Crippen LogP contribution < -0.4 is 4.74 Å². The molecule has 5 heterocycles. The van der Waals surface area contributed by atoms with Gasteiger partial charge in [0.05, 0.1) is 47.0 Å². The van der Waals surface area contributed by atoms with E-state index in [-0.39, 0.29) is 6.10 Å². The van der Waals surface area contributed by atoms with Crippen LogP contribution in [0, 0.1) is 6.92 Å². The van der Waals surface area contributed by atoms with Crippen molar-refractivity contribution in [2.45, 2.75) is 45.1 Å². The molecule has 1 fully saturated rings. The van der Waals surface area contributed by atoms with E-state index in [9.17, 15) is 0 Å². The van der Waals surface area contributed by atoms with Gasteiger partial charge in [-0.15, -0.1) is 0 Å². The zero-order valence-corrected chi connectivity index (χ0v) is 20.5. The van der Waals surface area contributed by atoms with Crippen molar-refractivity contribution in [3.05, 3.63) is 67.0 Å². The minimum Gasteiger partial charge on any atom is -0.473 e. The van der Waals surface area contributed by atoms with Gasteiger partial charge in [0.25, 0.3) is 0 Å². The molecule has 7 rings (SSSR count). The molecular weight excluding hydrogens is 464 g/mol. The normalized spacial score (nSPS) is 14.5. The second-order valence-corrected chi connectivity index (χ2v) is 9.63. The van der Waals surface area contributed by atoms with E-state index in [2.05, 4.69) is 43.3 Å². The Balaban J connectivity index is 1.26. The van der Waals surface area contributed by atoms with Crippen molar-refractivity contribution in [3.63, 3.8) is 0 Å². The van der Waals surface area contributed by atoms with Gasteiger partial charge in [0.15, 0.2) is 0 Å². The summed E-state index contributed by atoms with van der Waals surface area (Å²) in [5.74, 6) is 0.552. The molecule has 0 saturated heterocycles. The van der Waals surface area contributed by atoms with Crippen LogP contribution in [-0.2, 0) is 0 Å². The highest BCUT2D eigenvalue weighted by atomic mass is 16.5. The molecule has 0 amide bonds. The van der Waals surface area contributed by atoms with Crippen LogP contribution in [-0.4, -0.2) is 45.8 Å². The second-order valence-electron chi connectivity index (χ2n) is 9.63. The Morgan fingerprint density at radius 1 is 0.973 bits per heavy atom. The van der Waals surface area contributed by atoms with Crippen LogP contribution in [0.4, 0.5) is 0 Å². The molecule has 5 aromatic heterocycles. The van der Waals surface area contributed by atoms with E-state index in [1.165, 1.54) is 19.3 Å². The van der Waals surface area contributed by atoms with Gasteiger partial charge >= 0.3 is 0 Å². The van der Waals surface area contributed by atoms with Crippen LogP contribution in [0.5, 0.6) is 5.88 Å². The lowest BCUT2D eigenvalue weighted by Gasteiger charge is -2.22. The summed E-state index contributed by atoms with van der Waals surface area (Å²) in [5.41, 5.74) is 7.70. The Bertz CT molecular complexity index is 1720. The predicted octanol–water partition coefficient (Wildman–Crippen LogP) is 5.77. The number of aromatic nitrogens is 8. The van der Waals surface area contributed by atoms with E-state index in [0.29, 0.717) is 11.6 Å². The molecule has 1 aromatic carbocycles. The van der Waals surface area contributed by atoms with Crippen molar-refractivity contribution >= 4 is 21.9 Å². The van der Waals surface area contributed by atoms with Crippen LogP contribution in [0.3, 0.4) is 0 Å². The highest BCUT2D eigenvalue weighted by molar-refractivity contribution is 5.97. The summed E-state index contributed by atoms with van der Waals surface area (Å²) in [6.07, 6.45) is 13.3. The molecule has 0 radical (unpaired) electrons. The maximum atomic E-state index is 6.13. The van der Waals surface area contributed by atoms with Gasteiger partial charge in [0.2, 0.25) is 5.88 Å². The van der Waals surface area contributed by atoms with Crippen molar-refractivity contribution in [2.24, 2.45) is 0 Å². The van der Waals surface area contributed by atoms with Crippen LogP contribution >= 0.6 is 0 Å². The summed E-state index contributed by atoms with van der Waals surface area (Å²) in [5, 5.41) is 8.80. The molecule has 6 aromatic rings. The third-order valence-electron chi connectivity index (χ3n) is 7.01. The number of rotatable bonds is 5. The Morgan fingerprint density at radius 3 is 2.76 bits per heavy atom. The van der Waals surface area contributed by atoms with Gasteiger partial charge in [-0.2, -0.15) is 5.10 Å². The third-order valence-corrected chi connectivity index (χ3v) is 7.01. The Morgan fingerprint density at radius 2 is 1.89 bits per heavy atom. The Hall–Kier alpha value is -4.53. The number of imidazole rings is 1. The van der Waals surface area contributed by atoms with Gasteiger partial charge in [-0.1, -0.05) is 12.5 Å². The minimum atomic E-state index is 0.215. The van der Waals surface area contributed by atoms with Crippen molar-refractivity contribution in [1.82, 2.24) is 39.7 Å². The summed E-state index contributed by atoms with van der Waals surface area (Å²) in [6, 6.07) is 12.2. The summed E-state index contributed by atoms with van der Waals surface area (Å²) < 4.78 is 8.17. The highest BCUT2D eigenvalue weighted by Gasteiger charge is 2.18. The molecular formula is C28H26N8O. The number of hydrogen-bond acceptors (Lipinski definition) is 6. The monoisotopic (exact) mass is 490 g/mol. The van der Waals surface area contributed by atoms with Gasteiger partial charge in [-0.05, 0) is 62.9 Å². The maximum absolute atomic E-state index is 6.13. The Labute approximate surface area is 213 Å². The topological polar surface area (TPSA) is 110 Å². The second kappa shape index (κ2) is 8.85. The molecule has 1 saturated carbocycles. The molecule has 0 bridgehead atoms. The van der Waals surface area contributed by atoms with Crippen LogP contribution in [0.15, 0.2) is 61.3 Å². The fraction of sp³-hybridized carbons (Fsp3) is 0.250. The van der Waals surface area contributed by atoms with Gasteiger partial charge in [0.1, 0.15) is 23.0 Å². The first-order valence-electron chi connectivity index (χ1n) is 12.7. The number of benzene rings is 1. The molecule has 1 aliphatic carbocycles. The summed E-state index contributed by atoms with van der Waals surface area (Å²) in [7, 11) is 0. The fourth-order valence-electron chi connectivity index (χ4n) is 5.16. The van der Waals surface area contributed by atoms with Crippen LogP contribution in [0.2, 0.25) is 0 Å². The number of ether oxygens (including phenoxy) is 1. The standard InChI is InChI=1S/C28H26N8O/c1-17-15-36(16-30-17)25-9-5-8-20-19(25)12-23(31-20)28-27-22(34-35-28)11-10-21(33-27)24-13-29-14-26(32-24)37-18-6-3-2-4-7-18/h5,8-16,18,31H,2-4,6-7H2,1H3,(H,34,35). The maximum Gasteiger partial charge on any atom is 0.233 e. The van der Waals surface area contributed by atoms with E-state index in [1.807, 2.05) is 42.2 Å². The molecule has 9 heteroatoms. The van der Waals surface area contributed by atoms with Crippen molar-refractivity contribution < 1.29 is 4.74 Å². The lowest BCUT2D eigenvalue weighted by atomic mass is 9.98. The van der Waals surface area contributed by atoms with Gasteiger partial charge < -0.3 is 14.3 Å². The Kier molecular flexibility index (Phi) is 5.20. The summed E-state index contributed by atoms with van der Waals surface area (Å²) in [6.45, 7) is 1.99. The minimum absolute atomic E-state index is 0.215. The van der Waals surface area contributed by atoms with Crippen molar-refractivity contribution in [2.75, 3.05) is 0 Å². The SMILES string of the molecule is Cc1cn(-c2cccc3[nH]c(-c4n[nH]c5ccc(-c6cncc(OC7CCCCC7)n6)nc45)cc23)cn1. The van der Waals surface area contributed by atoms with Gasteiger partial charge in [-0.25, -0.2) is 15.0 Å². The first-order valence-corrected chi connectivity index (χ1v) is 12.7. The first kappa shape index (κ1) is 21.7. The molecule has 9 nitrogen and oxygen atoms in total. The lowest BCUT2D eigenvalue weighted by molar-refractivity contribution is 0.148. The lowest BCUT2D eigenvalue weighted by Crippen LogP contribution is -2.20. The first-order chi connectivity index (χ1) is 18.2. The van der Waals surface area contributed by atoms with Crippen LogP contribution in [0.1, 0.15) is 37.8 Å². The molecule has 184 valence electrons. The molecule has 0 aliphatic heterocycles. The quantitative estimate of drug-likeness (QED) is 0.317. The number of hydrogen-bond donors (Lipinski definition) is 2. The summed E-state index contributed by atoms with van der Waals surface area (Å²) in [4.78, 5) is 21.9. The average Bonchev–Trinajstić information content (AvgIpc) is 3.66. The third kappa shape index (κ3) is 4.02. The number of pyridine rings is 1. The van der Waals surface area contributed by atoms with E-state index in [1.54, 1.807) is 12.4 Å². The van der Waals surface area contributed by atoms with Crippen molar-refractivity contribution in [1.29, 1.82) is 0 Å². The number of fused-ring (bicyclic) bond motifs is 2. The fourth-order valence-corrected chi connectivity index (χ4v) is 5.16. The van der Waals surface area contributed by atoms with Crippen LogP contribution in [0.25, 0.3) is 50.4 Å². The molecule has 2 N–H and O–H groups in total. The summed E-state index contributed by atoms with van der Waals surface area (Å²) >= 11 is 0. The van der Waals surface area contributed by atoms with Gasteiger partial charge in [-0.3, -0.25) is 10.1 Å². The average molecular weight is 491 g/mol. The number of aromatic amines is 2. The van der Waals surface area contributed by atoms with E-state index < -0.39 is 0 Å². The number of H-pyrrole nitrogens is 2. The molecule has 0 spiro atoms. The zero-order valence-electron chi connectivity index (χ0n) is 20.5. The number of nitrogens with one attached hydrogen (secondary N) is 2. The van der Waals surface area contributed by atoms with E-state index >= 15 is 0 Å². The molecule has 37 heavy (non-hydrogen) atoms. The van der Waals surface area contributed by atoms with E-state index in [4.69, 9.17) is 14.7 Å². The van der Waals surface area contributed by atoms with Gasteiger partial charge in [0, 0.05) is 17.1 Å².